The van der Waals surface area contributed by atoms with E-state index in [0.717, 1.165) is 10.9 Å². The zero-order valence-corrected chi connectivity index (χ0v) is 5.18. The minimum absolute atomic E-state index is 0.667. The molecule has 0 saturated carbocycles. The molecule has 0 N–H and O–H groups in total. The summed E-state index contributed by atoms with van der Waals surface area (Å²) in [4.78, 5) is 0. The van der Waals surface area contributed by atoms with Crippen molar-refractivity contribution in [1.29, 1.82) is 0 Å². The first-order valence-corrected chi connectivity index (χ1v) is 2.58. The fourth-order valence-corrected chi connectivity index (χ4v) is 0.666. The monoisotopic (exact) mass is 150 g/mol. The fraction of sp³-hybridized carbons (Fsp3) is 0.400. The Labute approximate surface area is 55.3 Å². The highest BCUT2D eigenvalue weighted by atomic mass is 19.3. The Morgan fingerprint density at radius 1 is 1.60 bits per heavy atom. The van der Waals surface area contributed by atoms with Crippen molar-refractivity contribution in [1.82, 2.24) is 9.78 Å². The van der Waals surface area contributed by atoms with Crippen molar-refractivity contribution in [2.75, 3.05) is 0 Å². The van der Waals surface area contributed by atoms with Gasteiger partial charge >= 0.3 is 0 Å². The van der Waals surface area contributed by atoms with E-state index in [1.54, 1.807) is 0 Å². The molecule has 0 aliphatic heterocycles. The van der Waals surface area contributed by atoms with E-state index in [0.29, 0.717) is 0 Å². The van der Waals surface area contributed by atoms with Crippen molar-refractivity contribution in [3.8, 4) is 0 Å². The van der Waals surface area contributed by atoms with Crippen LogP contribution in [0.4, 0.5) is 13.2 Å². The standard InChI is InChI=1S/C5H5F3N2/c1-10-4(5(7)8)3(6)2-9-10/h2,5H,1H3. The van der Waals surface area contributed by atoms with Crippen LogP contribution in [0, 0.1) is 5.82 Å². The van der Waals surface area contributed by atoms with Gasteiger partial charge in [0.25, 0.3) is 6.43 Å². The number of aromatic nitrogens is 2. The zero-order chi connectivity index (χ0) is 7.72. The molecule has 0 atom stereocenters. The van der Waals surface area contributed by atoms with Gasteiger partial charge in [-0.15, -0.1) is 0 Å². The minimum atomic E-state index is -2.80. The molecule has 0 amide bonds. The van der Waals surface area contributed by atoms with Crippen LogP contribution in [0.25, 0.3) is 0 Å². The lowest BCUT2D eigenvalue weighted by Crippen LogP contribution is -1.99. The molecule has 0 saturated heterocycles. The van der Waals surface area contributed by atoms with E-state index in [1.165, 1.54) is 7.05 Å². The van der Waals surface area contributed by atoms with E-state index in [2.05, 4.69) is 5.10 Å². The zero-order valence-electron chi connectivity index (χ0n) is 5.18. The summed E-state index contributed by atoms with van der Waals surface area (Å²) in [6.45, 7) is 0. The molecule has 0 bridgehead atoms. The number of aryl methyl sites for hydroxylation is 1. The van der Waals surface area contributed by atoms with Gasteiger partial charge in [-0.25, -0.2) is 13.2 Å². The van der Waals surface area contributed by atoms with E-state index in [9.17, 15) is 13.2 Å². The Morgan fingerprint density at radius 2 is 2.20 bits per heavy atom. The van der Waals surface area contributed by atoms with Crippen LogP contribution in [0.5, 0.6) is 0 Å². The summed E-state index contributed by atoms with van der Waals surface area (Å²) in [5, 5.41) is 3.30. The maximum atomic E-state index is 12.3. The van der Waals surface area contributed by atoms with Gasteiger partial charge in [-0.2, -0.15) is 5.10 Å². The van der Waals surface area contributed by atoms with Crippen LogP contribution in [0.1, 0.15) is 12.1 Å². The average molecular weight is 150 g/mol. The molecule has 1 aromatic rings. The predicted octanol–water partition coefficient (Wildman–Crippen LogP) is 1.50. The van der Waals surface area contributed by atoms with Gasteiger partial charge in [0.15, 0.2) is 5.82 Å². The second kappa shape index (κ2) is 2.32. The van der Waals surface area contributed by atoms with E-state index in [1.807, 2.05) is 0 Å². The number of halogens is 3. The van der Waals surface area contributed by atoms with Gasteiger partial charge in [0.05, 0.1) is 6.20 Å². The van der Waals surface area contributed by atoms with E-state index < -0.39 is 17.9 Å². The van der Waals surface area contributed by atoms with Crippen LogP contribution in [-0.4, -0.2) is 9.78 Å². The lowest BCUT2D eigenvalue weighted by atomic mass is 10.4. The highest BCUT2D eigenvalue weighted by molar-refractivity contribution is 5.04. The molecule has 10 heavy (non-hydrogen) atoms. The Kier molecular flexibility index (Phi) is 1.65. The van der Waals surface area contributed by atoms with Crippen molar-refractivity contribution in [3.63, 3.8) is 0 Å². The number of hydrogen-bond acceptors (Lipinski definition) is 1. The SMILES string of the molecule is Cn1ncc(F)c1C(F)F. The Morgan fingerprint density at radius 3 is 2.40 bits per heavy atom. The molecule has 5 heteroatoms. The van der Waals surface area contributed by atoms with Crippen LogP contribution in [0.3, 0.4) is 0 Å². The Hall–Kier alpha value is -1.00. The minimum Gasteiger partial charge on any atom is -0.264 e. The number of rotatable bonds is 1. The van der Waals surface area contributed by atoms with Crippen molar-refractivity contribution in [3.05, 3.63) is 17.7 Å². The van der Waals surface area contributed by atoms with Gasteiger partial charge in [-0.05, 0) is 0 Å². The largest absolute Gasteiger partial charge is 0.282 e. The fourth-order valence-electron chi connectivity index (χ4n) is 0.666. The van der Waals surface area contributed by atoms with Crippen LogP contribution < -0.4 is 0 Å². The molecule has 0 aromatic carbocycles. The molecule has 0 unspecified atom stereocenters. The second-order valence-electron chi connectivity index (χ2n) is 1.80. The summed E-state index contributed by atoms with van der Waals surface area (Å²) in [6.07, 6.45) is -2.03. The van der Waals surface area contributed by atoms with Gasteiger partial charge in [0.1, 0.15) is 5.69 Å². The van der Waals surface area contributed by atoms with E-state index >= 15 is 0 Å². The summed E-state index contributed by atoms with van der Waals surface area (Å²) in [7, 11) is 1.27. The summed E-state index contributed by atoms with van der Waals surface area (Å²) < 4.78 is 36.8. The molecule has 0 radical (unpaired) electrons. The third kappa shape index (κ3) is 0.984. The highest BCUT2D eigenvalue weighted by Crippen LogP contribution is 2.19. The molecule has 0 aliphatic rings. The number of hydrogen-bond donors (Lipinski definition) is 0. The van der Waals surface area contributed by atoms with Gasteiger partial charge in [0.2, 0.25) is 0 Å². The first-order valence-electron chi connectivity index (χ1n) is 2.58. The third-order valence-corrected chi connectivity index (χ3v) is 1.14. The second-order valence-corrected chi connectivity index (χ2v) is 1.80. The molecular weight excluding hydrogens is 145 g/mol. The smallest absolute Gasteiger partial charge is 0.264 e. The normalized spacial score (nSPS) is 10.9. The van der Waals surface area contributed by atoms with Gasteiger partial charge in [-0.1, -0.05) is 0 Å². The lowest BCUT2D eigenvalue weighted by Gasteiger charge is -1.97. The van der Waals surface area contributed by atoms with E-state index in [4.69, 9.17) is 0 Å². The Balaban J connectivity index is 3.10. The van der Waals surface area contributed by atoms with Crippen LogP contribution in [-0.2, 0) is 7.05 Å². The molecule has 56 valence electrons. The van der Waals surface area contributed by atoms with E-state index in [-0.39, 0.29) is 0 Å². The Bertz CT molecular complexity index is 211. The number of nitrogens with zero attached hydrogens (tertiary/aromatic N) is 2. The number of alkyl halides is 2. The van der Waals surface area contributed by atoms with Crippen molar-refractivity contribution < 1.29 is 13.2 Å². The maximum Gasteiger partial charge on any atom is 0.282 e. The molecule has 0 aliphatic carbocycles. The molecule has 1 rings (SSSR count). The van der Waals surface area contributed by atoms with Crippen LogP contribution in [0.15, 0.2) is 6.20 Å². The lowest BCUT2D eigenvalue weighted by molar-refractivity contribution is 0.136. The van der Waals surface area contributed by atoms with Crippen molar-refractivity contribution >= 4 is 0 Å². The van der Waals surface area contributed by atoms with Gasteiger partial charge < -0.3 is 0 Å². The maximum absolute atomic E-state index is 12.3. The van der Waals surface area contributed by atoms with Gasteiger partial charge in [-0.3, -0.25) is 4.68 Å². The quantitative estimate of drug-likeness (QED) is 0.593. The molecule has 0 spiro atoms. The van der Waals surface area contributed by atoms with Crippen molar-refractivity contribution in [2.24, 2.45) is 7.05 Å². The predicted molar refractivity (Wildman–Crippen MR) is 28.1 cm³/mol. The summed E-state index contributed by atoms with van der Waals surface area (Å²) >= 11 is 0. The molecule has 1 aromatic heterocycles. The average Bonchev–Trinajstić information content (AvgIpc) is 2.11. The third-order valence-electron chi connectivity index (χ3n) is 1.14. The topological polar surface area (TPSA) is 17.8 Å². The highest BCUT2D eigenvalue weighted by Gasteiger charge is 2.17. The van der Waals surface area contributed by atoms with Crippen LogP contribution >= 0.6 is 0 Å². The molecule has 2 nitrogen and oxygen atoms in total. The van der Waals surface area contributed by atoms with Crippen molar-refractivity contribution in [2.45, 2.75) is 6.43 Å². The summed E-state index contributed by atoms with van der Waals surface area (Å²) in [5.74, 6) is -0.961. The first kappa shape index (κ1) is 7.11. The first-order chi connectivity index (χ1) is 4.63. The summed E-state index contributed by atoms with van der Waals surface area (Å²) in [6, 6.07) is 0. The summed E-state index contributed by atoms with van der Waals surface area (Å²) in [5.41, 5.74) is -0.667. The molecule has 0 fully saturated rings. The van der Waals surface area contributed by atoms with Crippen LogP contribution in [0.2, 0.25) is 0 Å². The molecular formula is C5H5F3N2. The van der Waals surface area contributed by atoms with Gasteiger partial charge in [0, 0.05) is 7.05 Å². The molecule has 1 heterocycles.